The number of rotatable bonds is 4. The topological polar surface area (TPSA) is 74.5 Å². The molecule has 6 nitrogen and oxygen atoms in total. The Morgan fingerprint density at radius 1 is 1.30 bits per heavy atom. The number of guanidine groups is 1. The van der Waals surface area contributed by atoms with Crippen molar-refractivity contribution in [3.8, 4) is 0 Å². The lowest BCUT2D eigenvalue weighted by atomic mass is 9.93. The maximum Gasteiger partial charge on any atom is 0.191 e. The van der Waals surface area contributed by atoms with Crippen molar-refractivity contribution in [3.63, 3.8) is 0 Å². The van der Waals surface area contributed by atoms with Crippen molar-refractivity contribution < 1.29 is 5.11 Å². The monoisotopic (exact) mass is 435 g/mol. The molecule has 0 aliphatic heterocycles. The molecule has 0 atom stereocenters. The van der Waals surface area contributed by atoms with Gasteiger partial charge in [-0.25, -0.2) is 4.99 Å². The SMILES string of the molecule is CCNC(=NCc1c(C)nn(C)c1C)NC1CCC(O)CC1.I. The number of aliphatic hydroxyl groups is 1. The van der Waals surface area contributed by atoms with E-state index in [1.54, 1.807) is 0 Å². The Hall–Kier alpha value is -0.830. The minimum Gasteiger partial charge on any atom is -0.393 e. The van der Waals surface area contributed by atoms with E-state index in [1.165, 1.54) is 5.56 Å². The Labute approximate surface area is 156 Å². The molecule has 0 aromatic carbocycles. The van der Waals surface area contributed by atoms with Gasteiger partial charge in [-0.3, -0.25) is 4.68 Å². The van der Waals surface area contributed by atoms with Gasteiger partial charge in [0.2, 0.25) is 0 Å². The summed E-state index contributed by atoms with van der Waals surface area (Å²) in [5.74, 6) is 0.853. The highest BCUT2D eigenvalue weighted by atomic mass is 127. The van der Waals surface area contributed by atoms with Gasteiger partial charge in [0.25, 0.3) is 0 Å². The number of aryl methyl sites for hydroxylation is 2. The number of halogens is 1. The Balaban J connectivity index is 0.00000264. The molecule has 1 aliphatic carbocycles. The van der Waals surface area contributed by atoms with Gasteiger partial charge in [-0.15, -0.1) is 24.0 Å². The first-order chi connectivity index (χ1) is 10.5. The standard InChI is InChI=1S/C16H29N5O.HI/c1-5-17-16(19-13-6-8-14(22)9-7-13)18-10-15-11(2)20-21(4)12(15)3;/h13-14,22H,5-10H2,1-4H3,(H2,17,18,19);1H. The predicted octanol–water partition coefficient (Wildman–Crippen LogP) is 2.01. The first kappa shape index (κ1) is 20.2. The number of nitrogens with zero attached hydrogens (tertiary/aromatic N) is 3. The number of aliphatic hydroxyl groups excluding tert-OH is 1. The third kappa shape index (κ3) is 5.63. The molecule has 23 heavy (non-hydrogen) atoms. The maximum absolute atomic E-state index is 9.60. The Bertz CT molecular complexity index is 521. The number of aliphatic imine (C=N–C) groups is 1. The van der Waals surface area contributed by atoms with Crippen LogP contribution in [0.3, 0.4) is 0 Å². The summed E-state index contributed by atoms with van der Waals surface area (Å²) in [7, 11) is 1.96. The van der Waals surface area contributed by atoms with Crippen LogP contribution in [0.2, 0.25) is 0 Å². The zero-order valence-corrected chi connectivity index (χ0v) is 16.9. The van der Waals surface area contributed by atoms with Crippen LogP contribution in [0.4, 0.5) is 0 Å². The number of aromatic nitrogens is 2. The van der Waals surface area contributed by atoms with Crippen LogP contribution in [0.1, 0.15) is 49.6 Å². The zero-order valence-electron chi connectivity index (χ0n) is 14.6. The smallest absolute Gasteiger partial charge is 0.191 e. The van der Waals surface area contributed by atoms with Gasteiger partial charge in [0, 0.05) is 30.9 Å². The second kappa shape index (κ2) is 9.46. The summed E-state index contributed by atoms with van der Waals surface area (Å²) in [4.78, 5) is 4.71. The summed E-state index contributed by atoms with van der Waals surface area (Å²) in [6.45, 7) is 7.65. The first-order valence-electron chi connectivity index (χ1n) is 8.23. The molecule has 0 saturated heterocycles. The highest BCUT2D eigenvalue weighted by Crippen LogP contribution is 2.18. The van der Waals surface area contributed by atoms with Gasteiger partial charge in [-0.2, -0.15) is 5.10 Å². The van der Waals surface area contributed by atoms with Crippen LogP contribution < -0.4 is 10.6 Å². The second-order valence-corrected chi connectivity index (χ2v) is 6.12. The third-order valence-electron chi connectivity index (χ3n) is 4.44. The molecule has 1 aromatic rings. The second-order valence-electron chi connectivity index (χ2n) is 6.12. The Morgan fingerprint density at radius 3 is 2.48 bits per heavy atom. The largest absolute Gasteiger partial charge is 0.393 e. The van der Waals surface area contributed by atoms with Crippen molar-refractivity contribution in [2.75, 3.05) is 6.54 Å². The van der Waals surface area contributed by atoms with Crippen molar-refractivity contribution in [1.29, 1.82) is 0 Å². The van der Waals surface area contributed by atoms with E-state index in [0.29, 0.717) is 12.6 Å². The Morgan fingerprint density at radius 2 is 1.96 bits per heavy atom. The van der Waals surface area contributed by atoms with E-state index < -0.39 is 0 Å². The molecule has 1 fully saturated rings. The molecule has 1 aliphatic rings. The fourth-order valence-corrected chi connectivity index (χ4v) is 2.94. The molecular formula is C16H30IN5O. The molecule has 0 bridgehead atoms. The molecule has 7 heteroatoms. The average Bonchev–Trinajstić information content (AvgIpc) is 2.72. The molecule has 0 amide bonds. The summed E-state index contributed by atoms with van der Waals surface area (Å²) in [6, 6.07) is 0.400. The van der Waals surface area contributed by atoms with Crippen molar-refractivity contribution >= 4 is 29.9 Å². The molecule has 3 N–H and O–H groups in total. The van der Waals surface area contributed by atoms with Crippen LogP contribution in [0.25, 0.3) is 0 Å². The quantitative estimate of drug-likeness (QED) is 0.385. The van der Waals surface area contributed by atoms with Crippen molar-refractivity contribution in [3.05, 3.63) is 17.0 Å². The van der Waals surface area contributed by atoms with E-state index in [1.807, 2.05) is 18.7 Å². The molecule has 1 aromatic heterocycles. The van der Waals surface area contributed by atoms with E-state index in [2.05, 4.69) is 29.6 Å². The number of nitrogens with one attached hydrogen (secondary N) is 2. The molecule has 2 rings (SSSR count). The average molecular weight is 435 g/mol. The van der Waals surface area contributed by atoms with E-state index >= 15 is 0 Å². The summed E-state index contributed by atoms with van der Waals surface area (Å²) in [5.41, 5.74) is 3.40. The highest BCUT2D eigenvalue weighted by molar-refractivity contribution is 14.0. The van der Waals surface area contributed by atoms with Crippen LogP contribution in [0, 0.1) is 13.8 Å². The molecule has 0 radical (unpaired) electrons. The molecule has 1 saturated carbocycles. The number of hydrogen-bond donors (Lipinski definition) is 3. The van der Waals surface area contributed by atoms with E-state index in [9.17, 15) is 5.11 Å². The van der Waals surface area contributed by atoms with Gasteiger partial charge in [0.1, 0.15) is 0 Å². The van der Waals surface area contributed by atoms with Crippen molar-refractivity contribution in [1.82, 2.24) is 20.4 Å². The molecule has 0 unspecified atom stereocenters. The molecular weight excluding hydrogens is 405 g/mol. The zero-order chi connectivity index (χ0) is 16.1. The minimum absolute atomic E-state index is 0. The van der Waals surface area contributed by atoms with Crippen LogP contribution in [-0.4, -0.2) is 39.5 Å². The van der Waals surface area contributed by atoms with Gasteiger partial charge < -0.3 is 15.7 Å². The van der Waals surface area contributed by atoms with Gasteiger partial charge in [-0.1, -0.05) is 0 Å². The van der Waals surface area contributed by atoms with Gasteiger partial charge in [-0.05, 0) is 46.5 Å². The molecule has 0 spiro atoms. The van der Waals surface area contributed by atoms with Crippen LogP contribution in [-0.2, 0) is 13.6 Å². The van der Waals surface area contributed by atoms with Crippen LogP contribution >= 0.6 is 24.0 Å². The Kier molecular flexibility index (Phi) is 8.32. The maximum atomic E-state index is 9.60. The summed E-state index contributed by atoms with van der Waals surface area (Å²) >= 11 is 0. The van der Waals surface area contributed by atoms with E-state index in [4.69, 9.17) is 4.99 Å². The lowest BCUT2D eigenvalue weighted by Gasteiger charge is -2.27. The number of hydrogen-bond acceptors (Lipinski definition) is 3. The lowest BCUT2D eigenvalue weighted by Crippen LogP contribution is -2.45. The van der Waals surface area contributed by atoms with Crippen LogP contribution in [0.15, 0.2) is 4.99 Å². The van der Waals surface area contributed by atoms with Gasteiger partial charge >= 0.3 is 0 Å². The minimum atomic E-state index is -0.127. The van der Waals surface area contributed by atoms with Gasteiger partial charge in [0.05, 0.1) is 18.3 Å². The van der Waals surface area contributed by atoms with Crippen molar-refractivity contribution in [2.24, 2.45) is 12.0 Å². The fraction of sp³-hybridized carbons (Fsp3) is 0.750. The third-order valence-corrected chi connectivity index (χ3v) is 4.44. The lowest BCUT2D eigenvalue weighted by molar-refractivity contribution is 0.120. The summed E-state index contributed by atoms with van der Waals surface area (Å²) in [5, 5.41) is 20.8. The van der Waals surface area contributed by atoms with E-state index in [-0.39, 0.29) is 30.1 Å². The highest BCUT2D eigenvalue weighted by Gasteiger charge is 2.20. The van der Waals surface area contributed by atoms with Gasteiger partial charge in [0.15, 0.2) is 5.96 Å². The van der Waals surface area contributed by atoms with Crippen molar-refractivity contribution in [2.45, 2.75) is 65.1 Å². The molecule has 1 heterocycles. The van der Waals surface area contributed by atoms with Crippen LogP contribution in [0.5, 0.6) is 0 Å². The first-order valence-corrected chi connectivity index (χ1v) is 8.23. The predicted molar refractivity (Wildman–Crippen MR) is 104 cm³/mol. The summed E-state index contributed by atoms with van der Waals surface area (Å²) < 4.78 is 1.91. The normalized spacial score (nSPS) is 21.7. The fourth-order valence-electron chi connectivity index (χ4n) is 2.94. The van der Waals surface area contributed by atoms with E-state index in [0.717, 1.165) is 49.6 Å². The molecule has 132 valence electrons. The summed E-state index contributed by atoms with van der Waals surface area (Å²) in [6.07, 6.45) is 3.61.